The molecule has 134 valence electrons. The maximum atomic E-state index is 12.3. The second-order valence-corrected chi connectivity index (χ2v) is 7.51. The van der Waals surface area contributed by atoms with Crippen molar-refractivity contribution in [1.82, 2.24) is 5.32 Å². The first kappa shape index (κ1) is 18.9. The van der Waals surface area contributed by atoms with Crippen LogP contribution in [0, 0.1) is 25.7 Å². The minimum Gasteiger partial charge on any atom is -0.378 e. The Labute approximate surface area is 146 Å². The largest absolute Gasteiger partial charge is 0.378 e. The van der Waals surface area contributed by atoms with Crippen LogP contribution in [0.3, 0.4) is 0 Å². The van der Waals surface area contributed by atoms with Crippen molar-refractivity contribution in [3.63, 3.8) is 0 Å². The highest BCUT2D eigenvalue weighted by Crippen LogP contribution is 2.26. The Morgan fingerprint density at radius 2 is 2.04 bits per heavy atom. The Hall–Kier alpha value is -1.39. The summed E-state index contributed by atoms with van der Waals surface area (Å²) in [6, 6.07) is 6.24. The van der Waals surface area contributed by atoms with Crippen LogP contribution in [0.25, 0.3) is 0 Å². The predicted octanol–water partition coefficient (Wildman–Crippen LogP) is 3.67. The van der Waals surface area contributed by atoms with E-state index in [1.807, 2.05) is 19.1 Å². The van der Waals surface area contributed by atoms with Crippen LogP contribution in [0.1, 0.15) is 44.7 Å². The van der Waals surface area contributed by atoms with Gasteiger partial charge in [0.1, 0.15) is 0 Å². The molecule has 0 saturated carbocycles. The molecule has 1 aliphatic heterocycles. The number of carbonyl (C=O) groups excluding carboxylic acids is 1. The van der Waals surface area contributed by atoms with E-state index in [2.05, 4.69) is 44.4 Å². The molecule has 1 heterocycles. The van der Waals surface area contributed by atoms with E-state index in [1.165, 1.54) is 5.56 Å². The molecule has 1 aliphatic rings. The van der Waals surface area contributed by atoms with Gasteiger partial charge in [-0.1, -0.05) is 31.5 Å². The van der Waals surface area contributed by atoms with Crippen LogP contribution in [0.15, 0.2) is 18.2 Å². The average molecular weight is 332 g/mol. The third-order valence-electron chi connectivity index (χ3n) is 4.80. The molecular weight excluding hydrogens is 300 g/mol. The van der Waals surface area contributed by atoms with Crippen molar-refractivity contribution < 1.29 is 9.53 Å². The zero-order chi connectivity index (χ0) is 17.7. The molecule has 4 nitrogen and oxygen atoms in total. The van der Waals surface area contributed by atoms with Gasteiger partial charge in [0, 0.05) is 31.3 Å². The Morgan fingerprint density at radius 1 is 1.29 bits per heavy atom. The van der Waals surface area contributed by atoms with Crippen molar-refractivity contribution in [3.8, 4) is 0 Å². The van der Waals surface area contributed by atoms with Crippen LogP contribution in [-0.2, 0) is 9.53 Å². The minimum absolute atomic E-state index is 0.0602. The van der Waals surface area contributed by atoms with E-state index in [9.17, 15) is 4.79 Å². The molecule has 0 bridgehead atoms. The lowest BCUT2D eigenvalue weighted by Gasteiger charge is -2.24. The maximum Gasteiger partial charge on any atom is 0.225 e. The van der Waals surface area contributed by atoms with E-state index in [1.54, 1.807) is 0 Å². The topological polar surface area (TPSA) is 50.4 Å². The SMILES string of the molecule is Cc1ccc(NC(=O)C[C@H](C)NC[C@@H]2CCO[C@H]2C(C)C)c(C)c1. The number of nitrogens with one attached hydrogen (secondary N) is 2. The highest BCUT2D eigenvalue weighted by molar-refractivity contribution is 5.91. The summed E-state index contributed by atoms with van der Waals surface area (Å²) in [5.41, 5.74) is 3.22. The number of hydrogen-bond donors (Lipinski definition) is 2. The van der Waals surface area contributed by atoms with Crippen LogP contribution < -0.4 is 10.6 Å². The number of anilines is 1. The van der Waals surface area contributed by atoms with Crippen molar-refractivity contribution in [2.75, 3.05) is 18.5 Å². The molecule has 1 saturated heterocycles. The van der Waals surface area contributed by atoms with Crippen molar-refractivity contribution in [2.45, 2.75) is 59.6 Å². The third kappa shape index (κ3) is 5.32. The first-order valence-corrected chi connectivity index (χ1v) is 9.09. The molecule has 0 unspecified atom stereocenters. The van der Waals surface area contributed by atoms with Crippen LogP contribution in [-0.4, -0.2) is 31.2 Å². The Kier molecular flexibility index (Phi) is 6.81. The summed E-state index contributed by atoms with van der Waals surface area (Å²) in [7, 11) is 0. The van der Waals surface area contributed by atoms with Gasteiger partial charge in [-0.05, 0) is 50.7 Å². The summed E-state index contributed by atoms with van der Waals surface area (Å²) in [5, 5.41) is 6.53. The first-order chi connectivity index (χ1) is 11.4. The zero-order valence-electron chi connectivity index (χ0n) is 15.7. The van der Waals surface area contributed by atoms with Gasteiger partial charge in [0.05, 0.1) is 6.10 Å². The molecule has 0 spiro atoms. The molecule has 2 N–H and O–H groups in total. The monoisotopic (exact) mass is 332 g/mol. The lowest BCUT2D eigenvalue weighted by Crippen LogP contribution is -2.37. The number of hydrogen-bond acceptors (Lipinski definition) is 3. The standard InChI is InChI=1S/C20H32N2O2/c1-13(2)20-17(8-9-24-20)12-21-16(5)11-19(23)22-18-7-6-14(3)10-15(18)4/h6-7,10,13,16-17,20-21H,8-9,11-12H2,1-5H3,(H,22,23)/t16-,17-,20-/m0/s1. The van der Waals surface area contributed by atoms with E-state index in [0.29, 0.717) is 24.4 Å². The van der Waals surface area contributed by atoms with Gasteiger partial charge < -0.3 is 15.4 Å². The molecule has 24 heavy (non-hydrogen) atoms. The number of benzene rings is 1. The molecule has 0 radical (unpaired) electrons. The molecule has 0 aromatic heterocycles. The lowest BCUT2D eigenvalue weighted by molar-refractivity contribution is -0.116. The number of amides is 1. The first-order valence-electron chi connectivity index (χ1n) is 9.09. The van der Waals surface area contributed by atoms with E-state index < -0.39 is 0 Å². The van der Waals surface area contributed by atoms with Crippen LogP contribution in [0.4, 0.5) is 5.69 Å². The highest BCUT2D eigenvalue weighted by atomic mass is 16.5. The Balaban J connectivity index is 1.77. The maximum absolute atomic E-state index is 12.3. The van der Waals surface area contributed by atoms with E-state index >= 15 is 0 Å². The Bertz CT molecular complexity index is 557. The lowest BCUT2D eigenvalue weighted by atomic mass is 9.93. The normalized spacial score (nSPS) is 21.9. The van der Waals surface area contributed by atoms with Gasteiger partial charge in [0.15, 0.2) is 0 Å². The molecule has 1 aromatic carbocycles. The van der Waals surface area contributed by atoms with Crippen molar-refractivity contribution in [3.05, 3.63) is 29.3 Å². The summed E-state index contributed by atoms with van der Waals surface area (Å²) >= 11 is 0. The summed E-state index contributed by atoms with van der Waals surface area (Å²) in [4.78, 5) is 12.3. The van der Waals surface area contributed by atoms with E-state index in [4.69, 9.17) is 4.74 Å². The molecular formula is C20H32N2O2. The number of aryl methyl sites for hydroxylation is 2. The summed E-state index contributed by atoms with van der Waals surface area (Å²) in [6.07, 6.45) is 1.93. The average Bonchev–Trinajstić information content (AvgIpc) is 2.97. The van der Waals surface area contributed by atoms with Crippen molar-refractivity contribution in [2.24, 2.45) is 11.8 Å². The molecule has 1 amide bonds. The fourth-order valence-electron chi connectivity index (χ4n) is 3.47. The van der Waals surface area contributed by atoms with Gasteiger partial charge in [-0.25, -0.2) is 0 Å². The minimum atomic E-state index is 0.0602. The van der Waals surface area contributed by atoms with Crippen LogP contribution in [0.2, 0.25) is 0 Å². The number of rotatable bonds is 7. The fourth-order valence-corrected chi connectivity index (χ4v) is 3.47. The van der Waals surface area contributed by atoms with Gasteiger partial charge in [-0.2, -0.15) is 0 Å². The van der Waals surface area contributed by atoms with Gasteiger partial charge in [0.2, 0.25) is 5.91 Å². The number of carbonyl (C=O) groups is 1. The zero-order valence-corrected chi connectivity index (χ0v) is 15.7. The van der Waals surface area contributed by atoms with E-state index in [0.717, 1.165) is 30.8 Å². The Morgan fingerprint density at radius 3 is 2.71 bits per heavy atom. The molecule has 3 atom stereocenters. The molecule has 1 fully saturated rings. The van der Waals surface area contributed by atoms with Gasteiger partial charge in [0.25, 0.3) is 0 Å². The quantitative estimate of drug-likeness (QED) is 0.801. The summed E-state index contributed by atoms with van der Waals surface area (Å²) in [5.74, 6) is 1.15. The second-order valence-electron chi connectivity index (χ2n) is 7.51. The predicted molar refractivity (Wildman–Crippen MR) is 99.3 cm³/mol. The smallest absolute Gasteiger partial charge is 0.225 e. The third-order valence-corrected chi connectivity index (χ3v) is 4.80. The molecule has 2 rings (SSSR count). The van der Waals surface area contributed by atoms with Gasteiger partial charge >= 0.3 is 0 Å². The van der Waals surface area contributed by atoms with Crippen LogP contribution >= 0.6 is 0 Å². The highest BCUT2D eigenvalue weighted by Gasteiger charge is 2.30. The van der Waals surface area contributed by atoms with Gasteiger partial charge in [-0.15, -0.1) is 0 Å². The van der Waals surface area contributed by atoms with E-state index in [-0.39, 0.29) is 11.9 Å². The second kappa shape index (κ2) is 8.63. The van der Waals surface area contributed by atoms with Gasteiger partial charge in [-0.3, -0.25) is 4.79 Å². The molecule has 1 aromatic rings. The molecule has 0 aliphatic carbocycles. The van der Waals surface area contributed by atoms with Crippen molar-refractivity contribution in [1.29, 1.82) is 0 Å². The number of ether oxygens (including phenoxy) is 1. The van der Waals surface area contributed by atoms with Crippen molar-refractivity contribution >= 4 is 11.6 Å². The van der Waals surface area contributed by atoms with Crippen LogP contribution in [0.5, 0.6) is 0 Å². The fraction of sp³-hybridized carbons (Fsp3) is 0.650. The summed E-state index contributed by atoms with van der Waals surface area (Å²) < 4.78 is 5.82. The summed E-state index contributed by atoms with van der Waals surface area (Å²) in [6.45, 7) is 12.4. The molecule has 4 heteroatoms.